The number of aromatic nitrogens is 2. The number of aliphatic hydroxyl groups excluding tert-OH is 2. The Balaban J connectivity index is 2.50. The molecule has 21 heavy (non-hydrogen) atoms. The van der Waals surface area contributed by atoms with Crippen molar-refractivity contribution in [3.8, 4) is 0 Å². The normalized spacial score (nSPS) is 32.8. The minimum absolute atomic E-state index is 0.473. The number of alkyl halides is 3. The molecule has 0 aromatic carbocycles. The first-order valence-electron chi connectivity index (χ1n) is 5.64. The second-order valence-electron chi connectivity index (χ2n) is 4.46. The fourth-order valence-corrected chi connectivity index (χ4v) is 2.18. The molecule has 0 spiro atoms. The molecular formula is C10H10ClF3N2O5. The second-order valence-corrected chi connectivity index (χ2v) is 4.87. The van der Waals surface area contributed by atoms with E-state index >= 15 is 0 Å². The Hall–Kier alpha value is -1.36. The van der Waals surface area contributed by atoms with Gasteiger partial charge >= 0.3 is 5.69 Å². The summed E-state index contributed by atoms with van der Waals surface area (Å²) in [6.07, 6.45) is -9.41. The van der Waals surface area contributed by atoms with Gasteiger partial charge in [0.25, 0.3) is 12.0 Å². The molecule has 118 valence electrons. The van der Waals surface area contributed by atoms with Crippen molar-refractivity contribution in [1.29, 1.82) is 0 Å². The molecule has 1 saturated heterocycles. The molecule has 1 aliphatic rings. The van der Waals surface area contributed by atoms with Crippen LogP contribution in [-0.4, -0.2) is 50.7 Å². The van der Waals surface area contributed by atoms with Crippen molar-refractivity contribution < 1.29 is 28.1 Å². The fourth-order valence-electron chi connectivity index (χ4n) is 2.03. The van der Waals surface area contributed by atoms with Crippen molar-refractivity contribution in [2.45, 2.75) is 30.5 Å². The summed E-state index contributed by atoms with van der Waals surface area (Å²) in [5.74, 6) is 0. The van der Waals surface area contributed by atoms with Crippen LogP contribution in [0.3, 0.4) is 0 Å². The van der Waals surface area contributed by atoms with E-state index in [9.17, 15) is 27.9 Å². The van der Waals surface area contributed by atoms with Gasteiger partial charge in [-0.15, -0.1) is 0 Å². The molecular weight excluding hydrogens is 321 g/mol. The van der Waals surface area contributed by atoms with Crippen molar-refractivity contribution in [1.82, 2.24) is 9.55 Å². The molecule has 0 unspecified atom stereocenters. The first-order chi connectivity index (χ1) is 9.74. The number of nitrogens with zero attached hydrogens (tertiary/aromatic N) is 1. The highest BCUT2D eigenvalue weighted by Gasteiger charge is 2.61. The number of hydrogen-bond donors (Lipinski definition) is 3. The van der Waals surface area contributed by atoms with Gasteiger partial charge in [0.2, 0.25) is 0 Å². The molecule has 3 N–H and O–H groups in total. The molecule has 4 atom stereocenters. The first-order valence-corrected chi connectivity index (χ1v) is 6.02. The van der Waals surface area contributed by atoms with Gasteiger partial charge in [0.05, 0.1) is 6.61 Å². The van der Waals surface area contributed by atoms with Crippen LogP contribution in [-0.2, 0) is 4.74 Å². The number of halogens is 4. The van der Waals surface area contributed by atoms with E-state index in [1.54, 1.807) is 4.98 Å². The van der Waals surface area contributed by atoms with Crippen LogP contribution in [0, 0.1) is 0 Å². The van der Waals surface area contributed by atoms with E-state index < -0.39 is 53.4 Å². The lowest BCUT2D eigenvalue weighted by Gasteiger charge is -2.27. The van der Waals surface area contributed by atoms with Gasteiger partial charge in [0.15, 0.2) is 18.0 Å². The maximum absolute atomic E-state index is 13.9. The zero-order chi connectivity index (χ0) is 15.9. The third-order valence-electron chi connectivity index (χ3n) is 3.21. The summed E-state index contributed by atoms with van der Waals surface area (Å²) in [6.45, 7) is -1.41. The zero-order valence-electron chi connectivity index (χ0n) is 10.2. The molecule has 2 rings (SSSR count). The number of aliphatic hydroxyl groups is 2. The fraction of sp³-hybridized carbons (Fsp3) is 0.600. The second kappa shape index (κ2) is 5.44. The Morgan fingerprint density at radius 2 is 2.14 bits per heavy atom. The van der Waals surface area contributed by atoms with E-state index in [-0.39, 0.29) is 0 Å². The summed E-state index contributed by atoms with van der Waals surface area (Å²) >= 11 is 5.48. The number of aromatic amines is 1. The molecule has 1 aromatic heterocycles. The average molecular weight is 331 g/mol. The zero-order valence-corrected chi connectivity index (χ0v) is 10.9. The monoisotopic (exact) mass is 330 g/mol. The van der Waals surface area contributed by atoms with Crippen molar-refractivity contribution >= 4 is 11.6 Å². The summed E-state index contributed by atoms with van der Waals surface area (Å²) in [6, 6.07) is 0. The Labute approximate surface area is 119 Å². The lowest BCUT2D eigenvalue weighted by molar-refractivity contribution is -0.186. The topological polar surface area (TPSA) is 105 Å². The summed E-state index contributed by atoms with van der Waals surface area (Å²) in [5.41, 5.74) is -5.04. The number of ether oxygens (including phenoxy) is 1. The largest absolute Gasteiger partial charge is 0.393 e. The molecule has 0 amide bonds. The van der Waals surface area contributed by atoms with Crippen LogP contribution in [0.5, 0.6) is 0 Å². The average Bonchev–Trinajstić information content (AvgIpc) is 2.68. The summed E-state index contributed by atoms with van der Waals surface area (Å²) in [4.78, 5) is 24.4. The number of rotatable bonds is 3. The smallest absolute Gasteiger partial charge is 0.330 e. The van der Waals surface area contributed by atoms with E-state index in [4.69, 9.17) is 21.4 Å². The molecule has 0 bridgehead atoms. The molecule has 1 aromatic rings. The van der Waals surface area contributed by atoms with E-state index in [0.717, 1.165) is 6.20 Å². The number of H-pyrrole nitrogens is 1. The van der Waals surface area contributed by atoms with Crippen LogP contribution in [0.15, 0.2) is 15.8 Å². The maximum atomic E-state index is 13.9. The van der Waals surface area contributed by atoms with Gasteiger partial charge in [-0.2, -0.15) is 0 Å². The molecule has 7 nitrogen and oxygen atoms in total. The van der Waals surface area contributed by atoms with Crippen LogP contribution in [0.1, 0.15) is 6.23 Å². The molecule has 11 heteroatoms. The van der Waals surface area contributed by atoms with Gasteiger partial charge in [-0.1, -0.05) is 11.6 Å². The van der Waals surface area contributed by atoms with Gasteiger partial charge in [0.1, 0.15) is 11.1 Å². The van der Waals surface area contributed by atoms with Crippen LogP contribution in [0.2, 0.25) is 5.02 Å². The molecule has 1 fully saturated rings. The third-order valence-corrected chi connectivity index (χ3v) is 3.48. The Kier molecular flexibility index (Phi) is 4.15. The minimum Gasteiger partial charge on any atom is -0.393 e. The van der Waals surface area contributed by atoms with E-state index in [1.807, 2.05) is 0 Å². The Morgan fingerprint density at radius 1 is 1.52 bits per heavy atom. The molecule has 0 radical (unpaired) electrons. The van der Waals surface area contributed by atoms with Gasteiger partial charge in [-0.05, 0) is 0 Å². The Bertz CT molecular complexity index is 650. The van der Waals surface area contributed by atoms with E-state index in [1.165, 1.54) is 0 Å². The van der Waals surface area contributed by atoms with Gasteiger partial charge < -0.3 is 14.9 Å². The summed E-state index contributed by atoms with van der Waals surface area (Å²) in [5, 5.41) is 18.2. The van der Waals surface area contributed by atoms with Crippen molar-refractivity contribution in [2.24, 2.45) is 0 Å². The molecule has 0 saturated carbocycles. The summed E-state index contributed by atoms with van der Waals surface area (Å²) < 4.78 is 45.0. The SMILES string of the molecule is O=c1[nH]c(=O)n([C@@H]2O[C@@](CO)(C(F)F)[C@H](F)[C@H]2O)cc1Cl. The standard InChI is InChI=1S/C10H10ClF3N2O5/c11-3-1-16(9(20)15-6(3)19)7-4(18)5(12)10(2-17,21-7)8(13)14/h1,4-5,7-8,17-18H,2H2,(H,15,19,20)/t4-,5-,7-,10-/m1/s1. The predicted molar refractivity (Wildman–Crippen MR) is 63.2 cm³/mol. The number of hydrogen-bond acceptors (Lipinski definition) is 5. The van der Waals surface area contributed by atoms with Crippen LogP contribution in [0.25, 0.3) is 0 Å². The lowest BCUT2D eigenvalue weighted by Crippen LogP contribution is -2.50. The lowest BCUT2D eigenvalue weighted by atomic mass is 9.98. The summed E-state index contributed by atoms with van der Waals surface area (Å²) in [7, 11) is 0. The van der Waals surface area contributed by atoms with Crippen LogP contribution < -0.4 is 11.2 Å². The van der Waals surface area contributed by atoms with Crippen molar-refractivity contribution in [3.63, 3.8) is 0 Å². The van der Waals surface area contributed by atoms with Crippen LogP contribution >= 0.6 is 11.6 Å². The predicted octanol–water partition coefficient (Wildman–Crippen LogP) is -0.586. The van der Waals surface area contributed by atoms with Gasteiger partial charge in [-0.3, -0.25) is 14.3 Å². The highest BCUT2D eigenvalue weighted by molar-refractivity contribution is 6.30. The third kappa shape index (κ3) is 2.37. The molecule has 0 aliphatic carbocycles. The van der Waals surface area contributed by atoms with E-state index in [0.29, 0.717) is 4.57 Å². The highest BCUT2D eigenvalue weighted by Crippen LogP contribution is 2.42. The Morgan fingerprint density at radius 3 is 2.62 bits per heavy atom. The van der Waals surface area contributed by atoms with Gasteiger partial charge in [0, 0.05) is 6.20 Å². The molecule has 2 heterocycles. The van der Waals surface area contributed by atoms with E-state index in [2.05, 4.69) is 0 Å². The minimum atomic E-state index is -3.45. The maximum Gasteiger partial charge on any atom is 0.330 e. The highest BCUT2D eigenvalue weighted by atomic mass is 35.5. The van der Waals surface area contributed by atoms with Gasteiger partial charge in [-0.25, -0.2) is 18.0 Å². The van der Waals surface area contributed by atoms with Crippen molar-refractivity contribution in [2.75, 3.05) is 6.61 Å². The number of nitrogens with one attached hydrogen (secondary N) is 1. The quantitative estimate of drug-likeness (QED) is 0.687. The molecule has 1 aliphatic heterocycles. The van der Waals surface area contributed by atoms with Crippen LogP contribution in [0.4, 0.5) is 13.2 Å². The van der Waals surface area contributed by atoms with Crippen molar-refractivity contribution in [3.05, 3.63) is 32.1 Å². The first kappa shape index (κ1) is 16.0.